The van der Waals surface area contributed by atoms with E-state index in [-0.39, 0.29) is 13.0 Å². The van der Waals surface area contributed by atoms with Crippen molar-refractivity contribution in [3.05, 3.63) is 11.8 Å². The number of hydrogen-bond acceptors (Lipinski definition) is 8. The van der Waals surface area contributed by atoms with Crippen molar-refractivity contribution in [2.75, 3.05) is 13.7 Å². The first kappa shape index (κ1) is 34.6. The molecule has 0 fully saturated rings. The summed E-state index contributed by atoms with van der Waals surface area (Å²) in [5.41, 5.74) is 0. The summed E-state index contributed by atoms with van der Waals surface area (Å²) >= 11 is 0. The van der Waals surface area contributed by atoms with Crippen LogP contribution in [0.15, 0.2) is 11.8 Å². The molecular formula is C29H50N2O8. The molecule has 0 radical (unpaired) electrons. The first-order chi connectivity index (χ1) is 18.7. The molecule has 1 rings (SSSR count). The molecule has 10 nitrogen and oxygen atoms in total. The lowest BCUT2D eigenvalue weighted by Crippen LogP contribution is -2.59. The van der Waals surface area contributed by atoms with Gasteiger partial charge in [-0.25, -0.2) is 4.79 Å². The molecule has 5 atom stereocenters. The highest BCUT2D eigenvalue weighted by Gasteiger charge is 2.44. The van der Waals surface area contributed by atoms with Gasteiger partial charge in [-0.3, -0.25) is 9.59 Å². The maximum absolute atomic E-state index is 12.2. The van der Waals surface area contributed by atoms with Crippen molar-refractivity contribution < 1.29 is 38.8 Å². The molecule has 0 aliphatic carbocycles. The van der Waals surface area contributed by atoms with Crippen molar-refractivity contribution in [2.24, 2.45) is 5.92 Å². The minimum Gasteiger partial charge on any atom is -0.478 e. The van der Waals surface area contributed by atoms with E-state index in [9.17, 15) is 24.6 Å². The van der Waals surface area contributed by atoms with Gasteiger partial charge in [0.05, 0.1) is 6.04 Å². The van der Waals surface area contributed by atoms with E-state index in [0.717, 1.165) is 19.1 Å². The first-order valence-corrected chi connectivity index (χ1v) is 14.5. The number of aliphatic hydroxyl groups excluding tert-OH is 1. The van der Waals surface area contributed by atoms with Gasteiger partial charge in [0.2, 0.25) is 11.7 Å². The van der Waals surface area contributed by atoms with E-state index in [4.69, 9.17) is 19.6 Å². The van der Waals surface area contributed by atoms with Gasteiger partial charge in [0.25, 0.3) is 0 Å². The monoisotopic (exact) mass is 554 g/mol. The predicted octanol–water partition coefficient (Wildman–Crippen LogP) is 4.52. The fourth-order valence-corrected chi connectivity index (χ4v) is 4.86. The molecule has 0 aromatic rings. The summed E-state index contributed by atoms with van der Waals surface area (Å²) in [5.74, 6) is -3.40. The van der Waals surface area contributed by atoms with E-state index >= 15 is 0 Å². The molecule has 0 bridgehead atoms. The van der Waals surface area contributed by atoms with Gasteiger partial charge in [0, 0.05) is 32.6 Å². The van der Waals surface area contributed by atoms with Crippen molar-refractivity contribution in [2.45, 2.75) is 128 Å². The van der Waals surface area contributed by atoms with Gasteiger partial charge in [-0.05, 0) is 12.5 Å². The average Bonchev–Trinajstić information content (AvgIpc) is 2.90. The Bertz CT molecular complexity index is 772. The summed E-state index contributed by atoms with van der Waals surface area (Å²) in [6, 6.07) is -0.857. The quantitative estimate of drug-likeness (QED) is 0.0864. The molecular weight excluding hydrogens is 504 g/mol. The number of methoxy groups -OCH3 is 1. The minimum absolute atomic E-state index is 0.248. The molecule has 0 aromatic heterocycles. The molecule has 10 heteroatoms. The number of aliphatic hydroxyl groups is 1. The van der Waals surface area contributed by atoms with Gasteiger partial charge in [-0.15, -0.1) is 0 Å². The number of amides is 1. The van der Waals surface area contributed by atoms with Crippen molar-refractivity contribution >= 4 is 24.1 Å². The number of rotatable bonds is 22. The number of carboxylic acid groups (broad SMARTS) is 1. The Labute approximate surface area is 233 Å². The summed E-state index contributed by atoms with van der Waals surface area (Å²) in [6.07, 6.45) is 14.6. The van der Waals surface area contributed by atoms with Crippen LogP contribution in [0, 0.1) is 11.3 Å². The van der Waals surface area contributed by atoms with Crippen molar-refractivity contribution in [1.82, 2.24) is 5.32 Å². The van der Waals surface area contributed by atoms with Crippen LogP contribution >= 0.6 is 0 Å². The lowest BCUT2D eigenvalue weighted by Gasteiger charge is -2.40. The third-order valence-corrected chi connectivity index (χ3v) is 7.02. The van der Waals surface area contributed by atoms with E-state index in [2.05, 4.69) is 12.2 Å². The Hall–Kier alpha value is -2.46. The molecule has 3 unspecified atom stereocenters. The molecule has 0 saturated carbocycles. The molecule has 4 N–H and O–H groups in total. The third-order valence-electron chi connectivity index (χ3n) is 7.02. The van der Waals surface area contributed by atoms with E-state index < -0.39 is 53.9 Å². The Balaban J connectivity index is 2.38. The van der Waals surface area contributed by atoms with E-state index in [1.54, 1.807) is 0 Å². The molecule has 39 heavy (non-hydrogen) atoms. The number of carbonyl (C=O) groups is 3. The van der Waals surface area contributed by atoms with Crippen LogP contribution in [0.5, 0.6) is 0 Å². The summed E-state index contributed by atoms with van der Waals surface area (Å²) in [5, 5.41) is 30.4. The number of hydrogen-bond donors (Lipinski definition) is 4. The first-order valence-electron chi connectivity index (χ1n) is 14.5. The Morgan fingerprint density at radius 2 is 1.56 bits per heavy atom. The van der Waals surface area contributed by atoms with E-state index in [1.165, 1.54) is 84.3 Å². The number of ether oxygens (including phenoxy) is 3. The molecule has 224 valence electrons. The highest BCUT2D eigenvalue weighted by molar-refractivity contribution is 5.86. The van der Waals surface area contributed by atoms with Crippen LogP contribution in [0.4, 0.5) is 0 Å². The Kier molecular flexibility index (Phi) is 18.1. The molecule has 1 aliphatic heterocycles. The topological polar surface area (TPSA) is 155 Å². The second-order valence-electron chi connectivity index (χ2n) is 10.3. The number of esters is 1. The molecule has 0 saturated heterocycles. The zero-order chi connectivity index (χ0) is 29.0. The molecule has 1 amide bonds. The Morgan fingerprint density at radius 1 is 1.03 bits per heavy atom. The maximum Gasteiger partial charge on any atom is 0.370 e. The number of nitrogens with one attached hydrogen (secondary N) is 2. The standard InChI is InChI=1S/C29H50N2O8/c1-4-5-6-7-8-9-10-11-12-13-14-15-16-17-25(34)38-20-23(33)27(37-3)28-26(31-21(2)32)22(19-30)18-24(39-28)29(35)36/h18-19,22-23,26-28,30,33H,4-17,20H2,1-3H3,(H,31,32)(H,35,36)/t22-,23?,26?,27?,28-/m1/s1. The zero-order valence-electron chi connectivity index (χ0n) is 24.0. The lowest BCUT2D eigenvalue weighted by atomic mass is 9.87. The van der Waals surface area contributed by atoms with Crippen LogP contribution in [-0.4, -0.2) is 72.3 Å². The van der Waals surface area contributed by atoms with Crippen LogP contribution < -0.4 is 5.32 Å². The lowest BCUT2D eigenvalue weighted by molar-refractivity contribution is -0.159. The summed E-state index contributed by atoms with van der Waals surface area (Å²) in [7, 11) is 1.30. The van der Waals surface area contributed by atoms with Crippen molar-refractivity contribution in [3.63, 3.8) is 0 Å². The van der Waals surface area contributed by atoms with Gasteiger partial charge in [-0.1, -0.05) is 84.0 Å². The molecule has 1 aliphatic rings. The molecule has 1 heterocycles. The normalized spacial score (nSPS) is 20.3. The van der Waals surface area contributed by atoms with Gasteiger partial charge in [0.15, 0.2) is 0 Å². The third kappa shape index (κ3) is 13.9. The van der Waals surface area contributed by atoms with E-state index in [0.29, 0.717) is 6.42 Å². The minimum atomic E-state index is -1.35. The predicted molar refractivity (Wildman–Crippen MR) is 149 cm³/mol. The maximum atomic E-state index is 12.2. The second-order valence-corrected chi connectivity index (χ2v) is 10.3. The van der Waals surface area contributed by atoms with Crippen LogP contribution in [0.1, 0.15) is 104 Å². The van der Waals surface area contributed by atoms with Crippen LogP contribution in [0.3, 0.4) is 0 Å². The van der Waals surface area contributed by atoms with Crippen LogP contribution in [0.25, 0.3) is 0 Å². The summed E-state index contributed by atoms with van der Waals surface area (Å²) < 4.78 is 16.2. The average molecular weight is 555 g/mol. The van der Waals surface area contributed by atoms with Gasteiger partial charge < -0.3 is 35.1 Å². The SMILES string of the molecule is CCCCCCCCCCCCCCCC(=O)OCC(O)C(OC)[C@@H]1OC(C(=O)O)=C[C@H](C=N)C1NC(C)=O. The number of unbranched alkanes of at least 4 members (excludes halogenated alkanes) is 12. The fraction of sp³-hybridized carbons (Fsp3) is 0.793. The summed E-state index contributed by atoms with van der Waals surface area (Å²) in [4.78, 5) is 35.5. The smallest absolute Gasteiger partial charge is 0.370 e. The highest BCUT2D eigenvalue weighted by atomic mass is 16.6. The van der Waals surface area contributed by atoms with Crippen LogP contribution in [0.2, 0.25) is 0 Å². The van der Waals surface area contributed by atoms with Crippen LogP contribution in [-0.2, 0) is 28.6 Å². The number of carbonyl (C=O) groups excluding carboxylic acids is 2. The largest absolute Gasteiger partial charge is 0.478 e. The van der Waals surface area contributed by atoms with Gasteiger partial charge in [-0.2, -0.15) is 0 Å². The Morgan fingerprint density at radius 3 is 2.03 bits per heavy atom. The number of carboxylic acids is 1. The van der Waals surface area contributed by atoms with Crippen molar-refractivity contribution in [3.8, 4) is 0 Å². The van der Waals surface area contributed by atoms with Crippen molar-refractivity contribution in [1.29, 1.82) is 5.41 Å². The molecule has 0 spiro atoms. The number of aliphatic carboxylic acids is 1. The molecule has 0 aromatic carbocycles. The highest BCUT2D eigenvalue weighted by Crippen LogP contribution is 2.27. The second kappa shape index (κ2) is 20.4. The summed E-state index contributed by atoms with van der Waals surface area (Å²) in [6.45, 7) is 3.15. The van der Waals surface area contributed by atoms with E-state index in [1.807, 2.05) is 0 Å². The fourth-order valence-electron chi connectivity index (χ4n) is 4.86. The zero-order valence-corrected chi connectivity index (χ0v) is 24.0. The van der Waals surface area contributed by atoms with Gasteiger partial charge in [0.1, 0.15) is 24.9 Å². The van der Waals surface area contributed by atoms with Gasteiger partial charge >= 0.3 is 11.9 Å².